The van der Waals surface area contributed by atoms with Crippen molar-refractivity contribution in [2.75, 3.05) is 0 Å². The van der Waals surface area contributed by atoms with Gasteiger partial charge in [0.1, 0.15) is 0 Å². The third kappa shape index (κ3) is 1.75. The van der Waals surface area contributed by atoms with E-state index >= 15 is 0 Å². The molecule has 62 valence electrons. The molecule has 11 heavy (non-hydrogen) atoms. The summed E-state index contributed by atoms with van der Waals surface area (Å²) in [5.41, 5.74) is 1.64. The van der Waals surface area contributed by atoms with Crippen LogP contribution in [0.15, 0.2) is 4.99 Å². The van der Waals surface area contributed by atoms with Crippen molar-refractivity contribution in [3.05, 3.63) is 10.1 Å². The van der Waals surface area contributed by atoms with Crippen molar-refractivity contribution < 1.29 is 15.2 Å². The maximum atomic E-state index is 9.78. The first-order valence-corrected chi connectivity index (χ1v) is 2.71. The Kier molecular flexibility index (Phi) is 1.87. The Labute approximate surface area is 60.7 Å². The summed E-state index contributed by atoms with van der Waals surface area (Å²) >= 11 is 0. The van der Waals surface area contributed by atoms with Crippen LogP contribution < -0.4 is 10.7 Å². The second kappa shape index (κ2) is 2.68. The summed E-state index contributed by atoms with van der Waals surface area (Å²) in [6, 6.07) is 0. The van der Waals surface area contributed by atoms with Crippen LogP contribution >= 0.6 is 0 Å². The van der Waals surface area contributed by atoms with Crippen molar-refractivity contribution in [2.45, 2.75) is 12.5 Å². The van der Waals surface area contributed by atoms with Gasteiger partial charge in [-0.25, -0.2) is 15.1 Å². The number of hydrogen-bond donors (Lipinski definition) is 4. The molecule has 0 amide bonds. The van der Waals surface area contributed by atoms with E-state index in [-0.39, 0.29) is 5.96 Å². The predicted molar refractivity (Wildman–Crippen MR) is 32.7 cm³/mol. The summed E-state index contributed by atoms with van der Waals surface area (Å²) < 4.78 is 0. The molecule has 0 bridgehead atoms. The van der Waals surface area contributed by atoms with E-state index in [9.17, 15) is 10.1 Å². The van der Waals surface area contributed by atoms with Crippen LogP contribution in [-0.4, -0.2) is 33.7 Å². The highest BCUT2D eigenvalue weighted by Gasteiger charge is 2.26. The summed E-state index contributed by atoms with van der Waals surface area (Å²) in [4.78, 5) is 13.0. The van der Waals surface area contributed by atoms with E-state index in [1.165, 1.54) is 0 Å². The molecular formula is C3H6N4O4. The number of hydrogen-bond acceptors (Lipinski definition) is 6. The lowest BCUT2D eigenvalue weighted by Crippen LogP contribution is -2.42. The Hall–Kier alpha value is -1.41. The van der Waals surface area contributed by atoms with Gasteiger partial charge in [0, 0.05) is 0 Å². The van der Waals surface area contributed by atoms with E-state index in [0.717, 1.165) is 0 Å². The lowest BCUT2D eigenvalue weighted by Gasteiger charge is -2.04. The van der Waals surface area contributed by atoms with E-state index in [2.05, 4.69) is 10.3 Å². The fourth-order valence-corrected chi connectivity index (χ4v) is 0.602. The Morgan fingerprint density at radius 3 is 2.73 bits per heavy atom. The first kappa shape index (κ1) is 7.69. The van der Waals surface area contributed by atoms with Gasteiger partial charge in [0.05, 0.1) is 0 Å². The van der Waals surface area contributed by atoms with Crippen LogP contribution in [0, 0.1) is 10.1 Å². The number of guanidine groups is 1. The number of nitro groups is 1. The molecule has 0 radical (unpaired) electrons. The molecular weight excluding hydrogens is 156 g/mol. The van der Waals surface area contributed by atoms with Gasteiger partial charge in [0.15, 0.2) is 17.5 Å². The molecule has 8 heteroatoms. The summed E-state index contributed by atoms with van der Waals surface area (Å²) in [6.45, 7) is 0. The third-order valence-electron chi connectivity index (χ3n) is 1.03. The quantitative estimate of drug-likeness (QED) is 0.247. The first-order chi connectivity index (χ1) is 5.09. The molecule has 8 nitrogen and oxygen atoms in total. The summed E-state index contributed by atoms with van der Waals surface area (Å²) in [6.07, 6.45) is -2.63. The number of aliphatic hydroxyl groups is 2. The number of nitrogens with one attached hydrogen (secondary N) is 2. The van der Waals surface area contributed by atoms with Crippen molar-refractivity contribution in [1.82, 2.24) is 10.7 Å². The molecule has 0 fully saturated rings. The Morgan fingerprint density at radius 2 is 2.36 bits per heavy atom. The van der Waals surface area contributed by atoms with Crippen LogP contribution in [0.5, 0.6) is 0 Å². The molecule has 0 spiro atoms. The standard InChI is InChI=1S/C3H6N4O4/c8-1-2(9)5-3(4-1)6-7(10)11/h1-2,8-9H,(H2,4,5,6)/t1-,2-/m0/s1. The fourth-order valence-electron chi connectivity index (χ4n) is 0.602. The zero-order chi connectivity index (χ0) is 8.43. The highest BCUT2D eigenvalue weighted by molar-refractivity contribution is 5.80. The molecule has 0 aliphatic carbocycles. The minimum absolute atomic E-state index is 0.255. The summed E-state index contributed by atoms with van der Waals surface area (Å²) in [5.74, 6) is -0.255. The lowest BCUT2D eigenvalue weighted by atomic mass is 10.5. The highest BCUT2D eigenvalue weighted by Crippen LogP contribution is 1.98. The molecule has 0 aromatic rings. The molecule has 0 aromatic carbocycles. The van der Waals surface area contributed by atoms with Crippen LogP contribution in [0.3, 0.4) is 0 Å². The fraction of sp³-hybridized carbons (Fsp3) is 0.667. The largest absolute Gasteiger partial charge is 0.369 e. The van der Waals surface area contributed by atoms with Crippen molar-refractivity contribution in [1.29, 1.82) is 0 Å². The van der Waals surface area contributed by atoms with Gasteiger partial charge in [-0.1, -0.05) is 5.43 Å². The van der Waals surface area contributed by atoms with Crippen LogP contribution in [0.1, 0.15) is 0 Å². The van der Waals surface area contributed by atoms with Crippen molar-refractivity contribution in [3.63, 3.8) is 0 Å². The van der Waals surface area contributed by atoms with Crippen molar-refractivity contribution >= 4 is 5.96 Å². The van der Waals surface area contributed by atoms with Crippen LogP contribution in [0.25, 0.3) is 0 Å². The average Bonchev–Trinajstić information content (AvgIpc) is 2.10. The van der Waals surface area contributed by atoms with Gasteiger partial charge >= 0.3 is 0 Å². The van der Waals surface area contributed by atoms with Crippen molar-refractivity contribution in [2.24, 2.45) is 4.99 Å². The zero-order valence-electron chi connectivity index (χ0n) is 5.26. The van der Waals surface area contributed by atoms with Gasteiger partial charge in [0.2, 0.25) is 0 Å². The number of aliphatic imine (C=N–C) groups is 1. The minimum Gasteiger partial charge on any atom is -0.369 e. The van der Waals surface area contributed by atoms with E-state index in [1.54, 1.807) is 5.43 Å². The zero-order valence-corrected chi connectivity index (χ0v) is 5.26. The van der Waals surface area contributed by atoms with E-state index in [0.29, 0.717) is 0 Å². The Morgan fingerprint density at radius 1 is 1.73 bits per heavy atom. The Balaban J connectivity index is 2.50. The highest BCUT2D eigenvalue weighted by atomic mass is 16.7. The number of rotatable bonds is 1. The molecule has 0 unspecified atom stereocenters. The Bertz CT molecular complexity index is 204. The molecule has 1 aliphatic heterocycles. The van der Waals surface area contributed by atoms with Crippen LogP contribution in [0.2, 0.25) is 0 Å². The predicted octanol–water partition coefficient (Wildman–Crippen LogP) is -2.64. The molecule has 4 N–H and O–H groups in total. The van der Waals surface area contributed by atoms with Crippen molar-refractivity contribution in [3.8, 4) is 0 Å². The van der Waals surface area contributed by atoms with Gasteiger partial charge in [0.25, 0.3) is 5.96 Å². The number of hydrazine groups is 1. The monoisotopic (exact) mass is 162 g/mol. The van der Waals surface area contributed by atoms with E-state index < -0.39 is 17.5 Å². The maximum Gasteiger partial charge on any atom is 0.259 e. The molecule has 1 aliphatic rings. The van der Waals surface area contributed by atoms with E-state index in [1.807, 2.05) is 0 Å². The number of aliphatic hydroxyl groups excluding tert-OH is 2. The van der Waals surface area contributed by atoms with Gasteiger partial charge < -0.3 is 15.5 Å². The SMILES string of the molecule is O=[N+]([O-])NC1=N[C@@H](O)[C@H](O)N1. The summed E-state index contributed by atoms with van der Waals surface area (Å²) in [7, 11) is 0. The molecule has 1 heterocycles. The smallest absolute Gasteiger partial charge is 0.259 e. The second-order valence-corrected chi connectivity index (χ2v) is 1.85. The molecule has 0 saturated carbocycles. The first-order valence-electron chi connectivity index (χ1n) is 2.71. The van der Waals surface area contributed by atoms with Gasteiger partial charge in [-0.3, -0.25) is 0 Å². The molecule has 2 atom stereocenters. The average molecular weight is 162 g/mol. The van der Waals surface area contributed by atoms with E-state index in [4.69, 9.17) is 10.2 Å². The normalized spacial score (nSPS) is 29.1. The minimum atomic E-state index is -1.35. The van der Waals surface area contributed by atoms with Crippen LogP contribution in [0.4, 0.5) is 0 Å². The topological polar surface area (TPSA) is 120 Å². The molecule has 1 rings (SSSR count). The molecule has 0 aromatic heterocycles. The third-order valence-corrected chi connectivity index (χ3v) is 1.03. The van der Waals surface area contributed by atoms with Gasteiger partial charge in [-0.05, 0) is 0 Å². The summed E-state index contributed by atoms with van der Waals surface area (Å²) in [5, 5.41) is 28.5. The molecule has 0 saturated heterocycles. The lowest BCUT2D eigenvalue weighted by molar-refractivity contribution is -0.525. The maximum absolute atomic E-state index is 9.78. The second-order valence-electron chi connectivity index (χ2n) is 1.85. The van der Waals surface area contributed by atoms with Gasteiger partial charge in [-0.15, -0.1) is 0 Å². The number of nitrogens with zero attached hydrogens (tertiary/aromatic N) is 2. The van der Waals surface area contributed by atoms with Gasteiger partial charge in [-0.2, -0.15) is 0 Å². The van der Waals surface area contributed by atoms with Crippen LogP contribution in [-0.2, 0) is 0 Å².